The van der Waals surface area contributed by atoms with E-state index in [-0.39, 0.29) is 12.1 Å². The Morgan fingerprint density at radius 3 is 2.47 bits per heavy atom. The van der Waals surface area contributed by atoms with Gasteiger partial charge in [-0.1, -0.05) is 132 Å². The number of benzene rings is 4. The molecular weight excluding hydrogens is 699 g/mol. The van der Waals surface area contributed by atoms with Gasteiger partial charge in [0.05, 0.1) is 6.20 Å². The smallest absolute Gasteiger partial charge is 0.306 e. The Bertz CT molecular complexity index is 2230. The predicted octanol–water partition coefficient (Wildman–Crippen LogP) is 13.7. The van der Waals surface area contributed by atoms with E-state index in [2.05, 4.69) is 112 Å². The monoisotopic (exact) mass is 766 g/mol. The predicted molar refractivity (Wildman–Crippen MR) is 235 cm³/mol. The Morgan fingerprint density at radius 2 is 1.63 bits per heavy atom. The molecule has 1 heterocycles. The lowest BCUT2D eigenvalue weighted by molar-refractivity contribution is -0.151. The topological polar surface area (TPSA) is 57.0 Å². The fourth-order valence-corrected chi connectivity index (χ4v) is 13.4. The van der Waals surface area contributed by atoms with Crippen LogP contribution in [0.15, 0.2) is 72.4 Å². The van der Waals surface area contributed by atoms with Crippen molar-refractivity contribution in [2.24, 2.45) is 46.3 Å². The summed E-state index contributed by atoms with van der Waals surface area (Å²) in [4.78, 5) is 13.1. The molecule has 0 amide bonds. The van der Waals surface area contributed by atoms with Crippen molar-refractivity contribution in [1.29, 1.82) is 0 Å². The maximum absolute atomic E-state index is 13.1. The third-order valence-corrected chi connectivity index (χ3v) is 16.4. The molecule has 3 saturated carbocycles. The summed E-state index contributed by atoms with van der Waals surface area (Å²) in [6, 6.07) is 19.8. The number of unbranched alkanes of at least 4 members (excludes halogenated alkanes) is 3. The number of ether oxygens (including phenoxy) is 1. The fourth-order valence-electron chi connectivity index (χ4n) is 13.4. The number of allylic oxidation sites excluding steroid dienone is 1. The van der Waals surface area contributed by atoms with Crippen LogP contribution in [0, 0.1) is 46.3 Å². The van der Waals surface area contributed by atoms with E-state index >= 15 is 0 Å². The average molecular weight is 766 g/mol. The highest BCUT2D eigenvalue weighted by Gasteiger charge is 2.59. The SMILES string of the molecule is CC(C)CCC[C@@H](C)[C@H]1CC[C@H]2[C@@H]3CC=C4C[C@@H](OC(=O)CCCCCCn5cc(-c6cc7cccc8ccc9cccc6c9c87)nn5)CC[C@]4(C)[C@H]3CC[C@]12C. The van der Waals surface area contributed by atoms with E-state index in [9.17, 15) is 4.79 Å². The van der Waals surface area contributed by atoms with Crippen molar-refractivity contribution in [1.82, 2.24) is 15.0 Å². The number of nitrogens with zero attached hydrogens (tertiary/aromatic N) is 3. The average Bonchev–Trinajstić information content (AvgIpc) is 3.82. The Labute approximate surface area is 341 Å². The van der Waals surface area contributed by atoms with Crippen LogP contribution in [-0.2, 0) is 16.1 Å². The highest BCUT2D eigenvalue weighted by molar-refractivity contribution is 6.26. The number of fused-ring (bicyclic) bond motifs is 5. The van der Waals surface area contributed by atoms with E-state index in [1.165, 1.54) is 90.1 Å². The summed E-state index contributed by atoms with van der Waals surface area (Å²) in [5.41, 5.74) is 4.49. The molecule has 9 rings (SSSR count). The summed E-state index contributed by atoms with van der Waals surface area (Å²) in [6.45, 7) is 13.4. The third kappa shape index (κ3) is 7.22. The van der Waals surface area contributed by atoms with Gasteiger partial charge in [-0.3, -0.25) is 9.48 Å². The first kappa shape index (κ1) is 38.8. The van der Waals surface area contributed by atoms with Crippen LogP contribution < -0.4 is 0 Å². The molecule has 302 valence electrons. The van der Waals surface area contributed by atoms with Crippen LogP contribution in [0.5, 0.6) is 0 Å². The molecule has 0 radical (unpaired) electrons. The van der Waals surface area contributed by atoms with E-state index < -0.39 is 0 Å². The summed E-state index contributed by atoms with van der Waals surface area (Å²) in [6.07, 6.45) is 23.6. The number of aromatic nitrogens is 3. The second kappa shape index (κ2) is 15.8. The van der Waals surface area contributed by atoms with Crippen molar-refractivity contribution in [2.75, 3.05) is 0 Å². The van der Waals surface area contributed by atoms with E-state index in [1.807, 2.05) is 4.68 Å². The Kier molecular flexibility index (Phi) is 10.7. The fraction of sp³-hybridized carbons (Fsp3) is 0.596. The zero-order valence-corrected chi connectivity index (χ0v) is 35.6. The quantitative estimate of drug-likeness (QED) is 0.0489. The van der Waals surface area contributed by atoms with Gasteiger partial charge >= 0.3 is 5.97 Å². The largest absolute Gasteiger partial charge is 0.462 e. The van der Waals surface area contributed by atoms with Crippen LogP contribution in [-0.4, -0.2) is 27.1 Å². The molecule has 0 saturated heterocycles. The highest BCUT2D eigenvalue weighted by Crippen LogP contribution is 2.67. The number of esters is 1. The van der Waals surface area contributed by atoms with Crippen molar-refractivity contribution in [2.45, 2.75) is 150 Å². The maximum atomic E-state index is 13.1. The van der Waals surface area contributed by atoms with Crippen LogP contribution >= 0.6 is 0 Å². The molecule has 8 atom stereocenters. The van der Waals surface area contributed by atoms with E-state index in [1.54, 1.807) is 5.57 Å². The minimum absolute atomic E-state index is 0.000191. The highest BCUT2D eigenvalue weighted by atomic mass is 16.5. The molecule has 5 nitrogen and oxygen atoms in total. The van der Waals surface area contributed by atoms with Gasteiger partial charge in [-0.05, 0) is 143 Å². The molecule has 0 aliphatic heterocycles. The lowest BCUT2D eigenvalue weighted by atomic mass is 9.47. The van der Waals surface area contributed by atoms with Gasteiger partial charge in [0, 0.05) is 24.9 Å². The van der Waals surface area contributed by atoms with Crippen molar-refractivity contribution in [3.05, 3.63) is 72.4 Å². The van der Waals surface area contributed by atoms with Crippen LogP contribution in [0.25, 0.3) is 43.6 Å². The van der Waals surface area contributed by atoms with Crippen molar-refractivity contribution >= 4 is 38.3 Å². The van der Waals surface area contributed by atoms with E-state index in [0.29, 0.717) is 17.3 Å². The molecule has 4 aliphatic carbocycles. The van der Waals surface area contributed by atoms with Crippen LogP contribution in [0.1, 0.15) is 137 Å². The van der Waals surface area contributed by atoms with Gasteiger partial charge in [-0.2, -0.15) is 0 Å². The summed E-state index contributed by atoms with van der Waals surface area (Å²) >= 11 is 0. The number of hydrogen-bond acceptors (Lipinski definition) is 4. The number of aryl methyl sites for hydroxylation is 1. The molecule has 0 bridgehead atoms. The van der Waals surface area contributed by atoms with Crippen molar-refractivity contribution in [3.8, 4) is 11.3 Å². The van der Waals surface area contributed by atoms with Crippen LogP contribution in [0.3, 0.4) is 0 Å². The zero-order valence-electron chi connectivity index (χ0n) is 35.6. The molecule has 4 aromatic carbocycles. The standard InChI is InChI=1S/C52H67N3O2/c1-34(2)13-10-14-35(3)44-24-25-45-42-23-22-39-32-40(26-28-51(39,4)46(42)27-29-52(44,45)5)57-48(56)19-8-6-7-9-30-55-33-47(53-54-55)43-31-38-17-11-15-36-20-21-37-16-12-18-41(43)50(37)49(36)38/h11-12,15-18,20-22,31,33-35,40,42,44-46H,6-10,13-14,19,23-30,32H2,1-5H3/t35-,40+,42+,44-,45+,46+,51+,52-/m1/s1. The summed E-state index contributed by atoms with van der Waals surface area (Å²) in [5.74, 6) is 5.12. The molecule has 0 N–H and O–H groups in total. The third-order valence-electron chi connectivity index (χ3n) is 16.4. The molecule has 5 heteroatoms. The molecule has 3 fully saturated rings. The minimum atomic E-state index is -0.000191. The maximum Gasteiger partial charge on any atom is 0.306 e. The molecule has 4 aliphatic rings. The first-order valence-corrected chi connectivity index (χ1v) is 23.1. The lowest BCUT2D eigenvalue weighted by Gasteiger charge is -2.58. The van der Waals surface area contributed by atoms with Crippen LogP contribution in [0.2, 0.25) is 0 Å². The lowest BCUT2D eigenvalue weighted by Crippen LogP contribution is -2.51. The van der Waals surface area contributed by atoms with Gasteiger partial charge in [0.15, 0.2) is 0 Å². The Hall–Kier alpha value is -3.73. The van der Waals surface area contributed by atoms with Crippen molar-refractivity contribution in [3.63, 3.8) is 0 Å². The second-order valence-corrected chi connectivity index (χ2v) is 20.1. The van der Waals surface area contributed by atoms with Gasteiger partial charge < -0.3 is 4.74 Å². The first-order chi connectivity index (χ1) is 27.6. The summed E-state index contributed by atoms with van der Waals surface area (Å²) in [7, 11) is 0. The number of carbonyl (C=O) groups is 1. The molecular formula is C52H67N3O2. The number of hydrogen-bond donors (Lipinski definition) is 0. The molecule has 5 aromatic rings. The zero-order chi connectivity index (χ0) is 39.3. The van der Waals surface area contributed by atoms with Gasteiger partial charge in [0.2, 0.25) is 0 Å². The number of rotatable bonds is 14. The van der Waals surface area contributed by atoms with E-state index in [4.69, 9.17) is 4.74 Å². The summed E-state index contributed by atoms with van der Waals surface area (Å²) < 4.78 is 8.17. The van der Waals surface area contributed by atoms with Gasteiger partial charge in [0.25, 0.3) is 0 Å². The molecule has 1 aromatic heterocycles. The number of carbonyl (C=O) groups excluding carboxylic acids is 1. The molecule has 57 heavy (non-hydrogen) atoms. The van der Waals surface area contributed by atoms with E-state index in [0.717, 1.165) is 91.8 Å². The second-order valence-electron chi connectivity index (χ2n) is 20.1. The van der Waals surface area contributed by atoms with Crippen molar-refractivity contribution < 1.29 is 9.53 Å². The van der Waals surface area contributed by atoms with Gasteiger partial charge in [0.1, 0.15) is 11.8 Å². The van der Waals surface area contributed by atoms with Gasteiger partial charge in [-0.25, -0.2) is 0 Å². The molecule has 0 spiro atoms. The van der Waals surface area contributed by atoms with Gasteiger partial charge in [-0.15, -0.1) is 5.10 Å². The molecule has 0 unspecified atom stereocenters. The normalized spacial score (nSPS) is 29.1. The Morgan fingerprint density at radius 1 is 0.842 bits per heavy atom. The summed E-state index contributed by atoms with van der Waals surface area (Å²) in [5, 5.41) is 16.8. The minimum Gasteiger partial charge on any atom is -0.462 e. The Balaban J connectivity index is 0.730. The first-order valence-electron chi connectivity index (χ1n) is 23.1. The van der Waals surface area contributed by atoms with Crippen LogP contribution in [0.4, 0.5) is 0 Å².